The van der Waals surface area contributed by atoms with Crippen molar-refractivity contribution in [2.75, 3.05) is 14.2 Å². The SMILES string of the molecule is CC[C@H](NS(=O)c1c(C(C)C)cc(C(C)C)cc1C(C)C)[C@H](C)C(=O)N(C)OC. The van der Waals surface area contributed by atoms with E-state index in [1.807, 2.05) is 13.8 Å². The lowest BCUT2D eigenvalue weighted by atomic mass is 9.89. The number of hydroxylamine groups is 2. The van der Waals surface area contributed by atoms with Gasteiger partial charge in [0.2, 0.25) is 5.91 Å². The van der Waals surface area contributed by atoms with Crippen molar-refractivity contribution in [3.63, 3.8) is 0 Å². The Morgan fingerprint density at radius 3 is 1.86 bits per heavy atom. The summed E-state index contributed by atoms with van der Waals surface area (Å²) in [5.41, 5.74) is 3.51. The molecule has 6 heteroatoms. The molecule has 3 atom stereocenters. The van der Waals surface area contributed by atoms with Crippen molar-refractivity contribution in [2.24, 2.45) is 5.92 Å². The molecule has 0 aliphatic carbocycles. The van der Waals surface area contributed by atoms with Crippen LogP contribution in [0.3, 0.4) is 0 Å². The third kappa shape index (κ3) is 6.37. The Hall–Kier alpha value is -1.24. The first-order chi connectivity index (χ1) is 13.5. The molecule has 0 saturated carbocycles. The van der Waals surface area contributed by atoms with Gasteiger partial charge in [-0.3, -0.25) is 9.63 Å². The van der Waals surface area contributed by atoms with Crippen LogP contribution in [0.4, 0.5) is 0 Å². The molecule has 1 rings (SSSR count). The highest BCUT2D eigenvalue weighted by atomic mass is 32.2. The highest BCUT2D eigenvalue weighted by Crippen LogP contribution is 2.34. The Morgan fingerprint density at radius 2 is 1.52 bits per heavy atom. The summed E-state index contributed by atoms with van der Waals surface area (Å²) in [5.74, 6) is 0.434. The maximum Gasteiger partial charge on any atom is 0.250 e. The number of nitrogens with one attached hydrogen (secondary N) is 1. The first-order valence-corrected chi connectivity index (χ1v) is 11.8. The average Bonchev–Trinajstić information content (AvgIpc) is 2.68. The lowest BCUT2D eigenvalue weighted by molar-refractivity contribution is -0.173. The van der Waals surface area contributed by atoms with Crippen LogP contribution in [0, 0.1) is 5.92 Å². The van der Waals surface area contributed by atoms with Crippen molar-refractivity contribution >= 4 is 16.9 Å². The van der Waals surface area contributed by atoms with E-state index in [-0.39, 0.29) is 29.7 Å². The number of amides is 1. The standard InChI is InChI=1S/C23H40N2O3S/c1-11-21(17(8)23(26)25(9)28-10)24-29(27)22-19(15(4)5)12-18(14(2)3)13-20(22)16(6)7/h12-17,21,24H,11H2,1-10H3/t17-,21-,29?/m0/s1. The number of hydrogen-bond donors (Lipinski definition) is 1. The van der Waals surface area contributed by atoms with Crippen molar-refractivity contribution in [3.05, 3.63) is 28.8 Å². The molecule has 1 aromatic rings. The van der Waals surface area contributed by atoms with E-state index in [1.165, 1.54) is 17.7 Å². The van der Waals surface area contributed by atoms with Gasteiger partial charge in [-0.2, -0.15) is 0 Å². The maximum absolute atomic E-state index is 13.6. The smallest absolute Gasteiger partial charge is 0.250 e. The summed E-state index contributed by atoms with van der Waals surface area (Å²) in [6.45, 7) is 16.8. The van der Waals surface area contributed by atoms with Crippen LogP contribution in [-0.4, -0.2) is 35.4 Å². The van der Waals surface area contributed by atoms with Gasteiger partial charge in [-0.25, -0.2) is 14.0 Å². The third-order valence-electron chi connectivity index (χ3n) is 5.54. The van der Waals surface area contributed by atoms with Crippen LogP contribution in [0.25, 0.3) is 0 Å². The van der Waals surface area contributed by atoms with E-state index in [9.17, 15) is 9.00 Å². The molecule has 29 heavy (non-hydrogen) atoms. The Morgan fingerprint density at radius 1 is 1.03 bits per heavy atom. The topological polar surface area (TPSA) is 58.6 Å². The summed E-state index contributed by atoms with van der Waals surface area (Å²) in [7, 11) is 1.65. The lowest BCUT2D eigenvalue weighted by Gasteiger charge is -2.28. The van der Waals surface area contributed by atoms with Crippen LogP contribution >= 0.6 is 0 Å². The highest BCUT2D eigenvalue weighted by Gasteiger charge is 2.29. The van der Waals surface area contributed by atoms with Crippen LogP contribution in [-0.2, 0) is 20.6 Å². The second kappa shape index (κ2) is 11.2. The quantitative estimate of drug-likeness (QED) is 0.531. The third-order valence-corrected chi connectivity index (χ3v) is 6.90. The normalized spacial score (nSPS) is 15.1. The van der Waals surface area contributed by atoms with Gasteiger partial charge in [0.15, 0.2) is 0 Å². The molecule has 5 nitrogen and oxygen atoms in total. The van der Waals surface area contributed by atoms with Gasteiger partial charge >= 0.3 is 0 Å². The summed E-state index contributed by atoms with van der Waals surface area (Å²) >= 11 is 0. The van der Waals surface area contributed by atoms with Crippen LogP contribution in [0.5, 0.6) is 0 Å². The first kappa shape index (κ1) is 25.8. The zero-order valence-electron chi connectivity index (χ0n) is 19.8. The number of rotatable bonds is 10. The Labute approximate surface area is 180 Å². The van der Waals surface area contributed by atoms with Gasteiger partial charge in [-0.15, -0.1) is 0 Å². The van der Waals surface area contributed by atoms with E-state index < -0.39 is 11.0 Å². The lowest BCUT2D eigenvalue weighted by Crippen LogP contribution is -2.44. The molecule has 1 N–H and O–H groups in total. The predicted octanol–water partition coefficient (Wildman–Crippen LogP) is 5.10. The second-order valence-electron chi connectivity index (χ2n) is 8.70. The Balaban J connectivity index is 3.37. The molecule has 0 fully saturated rings. The number of hydrogen-bond acceptors (Lipinski definition) is 3. The van der Waals surface area contributed by atoms with Crippen LogP contribution < -0.4 is 4.72 Å². The molecule has 0 heterocycles. The summed E-state index contributed by atoms with van der Waals surface area (Å²) in [4.78, 5) is 18.4. The Bertz CT molecular complexity index is 687. The van der Waals surface area contributed by atoms with Crippen molar-refractivity contribution < 1.29 is 13.8 Å². The minimum atomic E-state index is -1.41. The number of carbonyl (C=O) groups is 1. The fraction of sp³-hybridized carbons (Fsp3) is 0.696. The largest absolute Gasteiger partial charge is 0.275 e. The van der Waals surface area contributed by atoms with E-state index >= 15 is 0 Å². The van der Waals surface area contributed by atoms with Gasteiger partial charge in [-0.1, -0.05) is 67.5 Å². The van der Waals surface area contributed by atoms with E-state index in [2.05, 4.69) is 58.4 Å². The van der Waals surface area contributed by atoms with Gasteiger partial charge in [0.1, 0.15) is 11.0 Å². The van der Waals surface area contributed by atoms with Crippen LogP contribution in [0.1, 0.15) is 96.3 Å². The number of nitrogens with zero attached hydrogens (tertiary/aromatic N) is 1. The molecular weight excluding hydrogens is 384 g/mol. The van der Waals surface area contributed by atoms with Gasteiger partial charge in [0, 0.05) is 13.1 Å². The molecule has 1 aromatic carbocycles. The van der Waals surface area contributed by atoms with Gasteiger partial charge in [0.25, 0.3) is 0 Å². The van der Waals surface area contributed by atoms with E-state index in [1.54, 1.807) is 7.05 Å². The van der Waals surface area contributed by atoms with Crippen molar-refractivity contribution in [2.45, 2.75) is 90.5 Å². The van der Waals surface area contributed by atoms with Crippen molar-refractivity contribution in [3.8, 4) is 0 Å². The minimum absolute atomic E-state index is 0.132. The average molecular weight is 425 g/mol. The second-order valence-corrected chi connectivity index (χ2v) is 9.88. The van der Waals surface area contributed by atoms with Gasteiger partial charge in [0.05, 0.1) is 17.9 Å². The van der Waals surface area contributed by atoms with Crippen molar-refractivity contribution in [1.82, 2.24) is 9.79 Å². The molecule has 1 unspecified atom stereocenters. The summed E-state index contributed by atoms with van der Waals surface area (Å²) < 4.78 is 16.8. The predicted molar refractivity (Wildman–Crippen MR) is 121 cm³/mol. The summed E-state index contributed by atoms with van der Waals surface area (Å²) in [6.07, 6.45) is 0.689. The number of carbonyl (C=O) groups excluding carboxylic acids is 1. The fourth-order valence-electron chi connectivity index (χ4n) is 3.39. The Kier molecular flexibility index (Phi) is 9.99. The summed E-state index contributed by atoms with van der Waals surface area (Å²) in [5, 5.41) is 1.23. The van der Waals surface area contributed by atoms with E-state index in [0.717, 1.165) is 16.0 Å². The molecule has 1 amide bonds. The maximum atomic E-state index is 13.6. The van der Waals surface area contributed by atoms with E-state index in [0.29, 0.717) is 12.3 Å². The molecule has 0 spiro atoms. The van der Waals surface area contributed by atoms with Gasteiger partial charge < -0.3 is 0 Å². The van der Waals surface area contributed by atoms with Crippen molar-refractivity contribution in [1.29, 1.82) is 0 Å². The first-order valence-electron chi connectivity index (χ1n) is 10.6. The van der Waals surface area contributed by atoms with Crippen LogP contribution in [0.2, 0.25) is 0 Å². The molecule has 0 aliphatic rings. The van der Waals surface area contributed by atoms with Gasteiger partial charge in [-0.05, 0) is 40.9 Å². The van der Waals surface area contributed by atoms with Crippen LogP contribution in [0.15, 0.2) is 17.0 Å². The highest BCUT2D eigenvalue weighted by molar-refractivity contribution is 7.83. The van der Waals surface area contributed by atoms with E-state index in [4.69, 9.17) is 4.84 Å². The molecule has 0 aliphatic heterocycles. The monoisotopic (exact) mass is 424 g/mol. The molecule has 166 valence electrons. The molecule has 0 saturated heterocycles. The zero-order valence-corrected chi connectivity index (χ0v) is 20.6. The zero-order chi connectivity index (χ0) is 22.5. The molecule has 0 bridgehead atoms. The molecule has 0 radical (unpaired) electrons. The molecular formula is C23H40N2O3S. The minimum Gasteiger partial charge on any atom is -0.275 e. The molecule has 0 aromatic heterocycles. The number of benzene rings is 1. The fourth-order valence-corrected chi connectivity index (χ4v) is 5.17. The summed E-state index contributed by atoms with van der Waals surface area (Å²) in [6, 6.07) is 4.18.